The van der Waals surface area contributed by atoms with Gasteiger partial charge in [-0.2, -0.15) is 0 Å². The summed E-state index contributed by atoms with van der Waals surface area (Å²) < 4.78 is 9.74. The molecule has 22 rings (SSSR count). The summed E-state index contributed by atoms with van der Waals surface area (Å²) in [6.45, 7) is 0. The lowest BCUT2D eigenvalue weighted by molar-refractivity contribution is 1.16. The molecule has 0 amide bonds. The van der Waals surface area contributed by atoms with Gasteiger partial charge in [0.1, 0.15) is 0 Å². The van der Waals surface area contributed by atoms with Crippen molar-refractivity contribution in [3.05, 3.63) is 419 Å². The van der Waals surface area contributed by atoms with Crippen LogP contribution in [0.25, 0.3) is 200 Å². The standard InChI is InChI=1S/C53H35N3.C52H34N4/c1-4-15-36(16-5-1)40-21-14-22-43(33-40)56-49-25-12-10-23-44(49)45-31-32-51-52(53(45)56)46-24-11-13-26-50(46)55(51)42-29-27-39(28-30-42)48-35-41(37-17-6-2-7-18-37)34-47(54-48)38-19-8-3-9-20-38;1-4-15-35(16-5-1)39-21-14-22-41(33-39)56-47-25-12-10-23-42(47)43-31-32-49-50(51(43)56)44-24-11-13-26-48(44)55(49)40-29-27-38(28-30-40)52-53-45(36-17-6-2-7-18-36)34-46(54-52)37-19-8-3-9-20-37/h1-35H;1-34H. The highest BCUT2D eigenvalue weighted by Gasteiger charge is 2.25. The first kappa shape index (κ1) is 65.3. The molecule has 6 aromatic heterocycles. The highest BCUT2D eigenvalue weighted by Crippen LogP contribution is 2.46. The molecule has 7 heteroatoms. The fourth-order valence-electron chi connectivity index (χ4n) is 16.9. The molecule has 0 atom stereocenters. The minimum Gasteiger partial charge on any atom is -0.309 e. The second kappa shape index (κ2) is 27.6. The van der Waals surface area contributed by atoms with Gasteiger partial charge in [-0.3, -0.25) is 0 Å². The van der Waals surface area contributed by atoms with E-state index in [1.807, 2.05) is 18.2 Å². The highest BCUT2D eigenvalue weighted by atomic mass is 15.0. The van der Waals surface area contributed by atoms with E-state index < -0.39 is 0 Å². The molecule has 0 radical (unpaired) electrons. The van der Waals surface area contributed by atoms with E-state index in [0.29, 0.717) is 5.82 Å². The molecule has 0 N–H and O–H groups in total. The van der Waals surface area contributed by atoms with E-state index in [9.17, 15) is 0 Å². The van der Waals surface area contributed by atoms with Gasteiger partial charge in [0.25, 0.3) is 0 Å². The Hall–Kier alpha value is -15.1. The van der Waals surface area contributed by atoms with Gasteiger partial charge >= 0.3 is 0 Å². The van der Waals surface area contributed by atoms with Crippen molar-refractivity contribution >= 4 is 87.2 Å². The topological polar surface area (TPSA) is 58.4 Å². The van der Waals surface area contributed by atoms with Crippen molar-refractivity contribution in [1.29, 1.82) is 0 Å². The molecule has 0 bridgehead atoms. The van der Waals surface area contributed by atoms with Crippen LogP contribution in [0.3, 0.4) is 0 Å². The molecule has 22 aromatic rings. The lowest BCUT2D eigenvalue weighted by Gasteiger charge is -2.13. The van der Waals surface area contributed by atoms with Gasteiger partial charge in [0.05, 0.1) is 66.9 Å². The monoisotopic (exact) mass is 1430 g/mol. The lowest BCUT2D eigenvalue weighted by Crippen LogP contribution is -1.97. The summed E-state index contributed by atoms with van der Waals surface area (Å²) in [6, 6.07) is 149. The van der Waals surface area contributed by atoms with E-state index >= 15 is 0 Å². The van der Waals surface area contributed by atoms with Crippen molar-refractivity contribution in [1.82, 2.24) is 33.2 Å². The normalized spacial score (nSPS) is 11.6. The Morgan fingerprint density at radius 2 is 0.455 bits per heavy atom. The largest absolute Gasteiger partial charge is 0.309 e. The maximum absolute atomic E-state index is 5.20. The Labute approximate surface area is 647 Å². The molecular formula is C105H69N7. The molecule has 0 saturated carbocycles. The van der Waals surface area contributed by atoms with Crippen LogP contribution >= 0.6 is 0 Å². The van der Waals surface area contributed by atoms with Crippen LogP contribution in [-0.4, -0.2) is 33.2 Å². The number of para-hydroxylation sites is 4. The van der Waals surface area contributed by atoms with E-state index in [-0.39, 0.29) is 0 Å². The molecule has 7 nitrogen and oxygen atoms in total. The molecule has 0 aliphatic rings. The first-order valence-corrected chi connectivity index (χ1v) is 38.1. The Morgan fingerprint density at radius 3 is 0.848 bits per heavy atom. The van der Waals surface area contributed by atoms with Crippen molar-refractivity contribution in [3.8, 4) is 113 Å². The Kier molecular flexibility index (Phi) is 16.1. The predicted molar refractivity (Wildman–Crippen MR) is 467 cm³/mol. The zero-order chi connectivity index (χ0) is 74.0. The molecular weight excluding hydrogens is 1360 g/mol. The van der Waals surface area contributed by atoms with Gasteiger partial charge in [-0.25, -0.2) is 15.0 Å². The second-order valence-corrected chi connectivity index (χ2v) is 28.6. The number of pyridine rings is 1. The Morgan fingerprint density at radius 1 is 0.152 bits per heavy atom. The summed E-state index contributed by atoms with van der Waals surface area (Å²) in [5.41, 5.74) is 30.0. The van der Waals surface area contributed by atoms with Gasteiger partial charge < -0.3 is 18.3 Å². The van der Waals surface area contributed by atoms with E-state index in [2.05, 4.69) is 419 Å². The van der Waals surface area contributed by atoms with Crippen LogP contribution in [0.15, 0.2) is 419 Å². The molecule has 524 valence electrons. The summed E-state index contributed by atoms with van der Waals surface area (Å²) >= 11 is 0. The van der Waals surface area contributed by atoms with Crippen LogP contribution in [0.2, 0.25) is 0 Å². The summed E-state index contributed by atoms with van der Waals surface area (Å²) in [7, 11) is 0. The molecule has 0 unspecified atom stereocenters. The zero-order valence-corrected chi connectivity index (χ0v) is 61.0. The van der Waals surface area contributed by atoms with E-state index in [1.54, 1.807) is 0 Å². The number of fused-ring (bicyclic) bond motifs is 14. The SMILES string of the molecule is c1ccc(-c2cccc(-n3c4ccccc4c4ccc5c(c6ccccc6n5-c5ccc(-c6cc(-c7ccccc7)cc(-c7ccccc7)n6)cc5)c43)c2)cc1.c1ccc(-c2cccc(-n3c4ccccc4c4ccc5c(c6ccccc6n5-c5ccc(-c6nc(-c7ccccc7)cc(-c7ccccc7)n6)cc5)c43)c2)cc1. The number of hydrogen-bond acceptors (Lipinski definition) is 3. The zero-order valence-electron chi connectivity index (χ0n) is 61.0. The van der Waals surface area contributed by atoms with E-state index in [4.69, 9.17) is 15.0 Å². The van der Waals surface area contributed by atoms with Gasteiger partial charge in [0.15, 0.2) is 5.82 Å². The van der Waals surface area contributed by atoms with Crippen LogP contribution in [0.5, 0.6) is 0 Å². The minimum atomic E-state index is 0.697. The maximum atomic E-state index is 5.20. The smallest absolute Gasteiger partial charge is 0.160 e. The maximum Gasteiger partial charge on any atom is 0.160 e. The number of rotatable bonds is 12. The molecule has 112 heavy (non-hydrogen) atoms. The molecule has 0 aliphatic carbocycles. The van der Waals surface area contributed by atoms with Crippen molar-refractivity contribution < 1.29 is 0 Å². The molecule has 0 saturated heterocycles. The fourth-order valence-corrected chi connectivity index (χ4v) is 16.9. The van der Waals surface area contributed by atoms with Crippen LogP contribution in [0.1, 0.15) is 0 Å². The van der Waals surface area contributed by atoms with E-state index in [1.165, 1.54) is 104 Å². The summed E-state index contributed by atoms with van der Waals surface area (Å²) in [4.78, 5) is 15.4. The van der Waals surface area contributed by atoms with E-state index in [0.717, 1.165) is 89.9 Å². The number of aromatic nitrogens is 7. The minimum absolute atomic E-state index is 0.697. The first-order chi connectivity index (χ1) is 55.6. The molecule has 0 fully saturated rings. The third-order valence-corrected chi connectivity index (χ3v) is 22.0. The third kappa shape index (κ3) is 11.4. The lowest BCUT2D eigenvalue weighted by atomic mass is 10.00. The summed E-state index contributed by atoms with van der Waals surface area (Å²) in [5, 5.41) is 9.88. The molecule has 16 aromatic carbocycles. The number of hydrogen-bond donors (Lipinski definition) is 0. The summed E-state index contributed by atoms with van der Waals surface area (Å²) in [5.74, 6) is 0.697. The number of benzene rings is 16. The van der Waals surface area contributed by atoms with Crippen molar-refractivity contribution in [2.24, 2.45) is 0 Å². The third-order valence-electron chi connectivity index (χ3n) is 22.0. The second-order valence-electron chi connectivity index (χ2n) is 28.6. The highest BCUT2D eigenvalue weighted by molar-refractivity contribution is 6.28. The average Bonchev–Trinajstić information content (AvgIpc) is 1.55. The van der Waals surface area contributed by atoms with Crippen LogP contribution in [0.4, 0.5) is 0 Å². The van der Waals surface area contributed by atoms with Gasteiger partial charge in [0, 0.05) is 93.7 Å². The number of nitrogens with zero attached hydrogens (tertiary/aromatic N) is 7. The van der Waals surface area contributed by atoms with Crippen LogP contribution in [0, 0.1) is 0 Å². The van der Waals surface area contributed by atoms with Crippen molar-refractivity contribution in [2.75, 3.05) is 0 Å². The van der Waals surface area contributed by atoms with Gasteiger partial charge in [-0.15, -0.1) is 0 Å². The Bertz CT molecular complexity index is 6750. The average molecular weight is 1430 g/mol. The molecule has 0 aliphatic heterocycles. The summed E-state index contributed by atoms with van der Waals surface area (Å²) in [6.07, 6.45) is 0. The quantitative estimate of drug-likeness (QED) is 0.122. The van der Waals surface area contributed by atoms with Crippen LogP contribution < -0.4 is 0 Å². The Balaban J connectivity index is 0.000000141. The van der Waals surface area contributed by atoms with Crippen molar-refractivity contribution in [2.45, 2.75) is 0 Å². The van der Waals surface area contributed by atoms with Gasteiger partial charge in [-0.1, -0.05) is 303 Å². The predicted octanol–water partition coefficient (Wildman–Crippen LogP) is 27.3. The van der Waals surface area contributed by atoms with Crippen molar-refractivity contribution in [3.63, 3.8) is 0 Å². The van der Waals surface area contributed by atoms with Gasteiger partial charge in [-0.05, 0) is 149 Å². The van der Waals surface area contributed by atoms with Gasteiger partial charge in [0.2, 0.25) is 0 Å². The van der Waals surface area contributed by atoms with Crippen LogP contribution in [-0.2, 0) is 0 Å². The molecule has 6 heterocycles. The fraction of sp³-hybridized carbons (Fsp3) is 0. The molecule has 0 spiro atoms. The first-order valence-electron chi connectivity index (χ1n) is 38.1.